The summed E-state index contributed by atoms with van der Waals surface area (Å²) in [6.45, 7) is 5.69. The van der Waals surface area contributed by atoms with E-state index in [1.807, 2.05) is 0 Å². The fourth-order valence-electron chi connectivity index (χ4n) is 0. The average molecular weight is 89.1 g/mol. The van der Waals surface area contributed by atoms with Gasteiger partial charge in [0.05, 0.1) is 0 Å². The van der Waals surface area contributed by atoms with Gasteiger partial charge in [-0.15, -0.1) is 0 Å². The zero-order valence-corrected chi connectivity index (χ0v) is 3.32. The van der Waals surface area contributed by atoms with E-state index in [0.717, 1.165) is 0 Å². The zero-order chi connectivity index (χ0) is 5.15. The van der Waals surface area contributed by atoms with E-state index in [9.17, 15) is 4.39 Å². The van der Waals surface area contributed by atoms with Crippen molar-refractivity contribution in [2.75, 3.05) is 0 Å². The van der Waals surface area contributed by atoms with Gasteiger partial charge in [-0.2, -0.15) is 0 Å². The fourth-order valence-corrected chi connectivity index (χ4v) is 0. The first-order valence-corrected chi connectivity index (χ1v) is 1.50. The van der Waals surface area contributed by atoms with Gasteiger partial charge in [-0.1, -0.05) is 6.58 Å². The molecule has 1 N–H and O–H groups in total. The standard InChI is InChI=1S/C4H6FO/c1-3(5)4(2)6/h4,6H,1-2H2. The molecule has 6 heavy (non-hydrogen) atoms. The van der Waals surface area contributed by atoms with Crippen molar-refractivity contribution in [2.45, 2.75) is 6.10 Å². The van der Waals surface area contributed by atoms with Crippen LogP contribution >= 0.6 is 0 Å². The van der Waals surface area contributed by atoms with Crippen molar-refractivity contribution in [3.8, 4) is 0 Å². The normalized spacial score (nSPS) is 13.8. The lowest BCUT2D eigenvalue weighted by atomic mass is 10.4. The van der Waals surface area contributed by atoms with E-state index in [2.05, 4.69) is 13.5 Å². The predicted molar refractivity (Wildman–Crippen MR) is 21.6 cm³/mol. The quantitative estimate of drug-likeness (QED) is 0.500. The summed E-state index contributed by atoms with van der Waals surface area (Å²) in [6, 6.07) is 0. The predicted octanol–water partition coefficient (Wildman–Crippen LogP) is 0.665. The van der Waals surface area contributed by atoms with E-state index in [0.29, 0.717) is 0 Å². The maximum absolute atomic E-state index is 11.3. The topological polar surface area (TPSA) is 20.2 Å². The number of hydrogen-bond donors (Lipinski definition) is 1. The Hall–Kier alpha value is -0.370. The van der Waals surface area contributed by atoms with Crippen molar-refractivity contribution in [1.29, 1.82) is 0 Å². The molecule has 0 saturated carbocycles. The van der Waals surface area contributed by atoms with Crippen LogP contribution in [0.3, 0.4) is 0 Å². The van der Waals surface area contributed by atoms with E-state index < -0.39 is 11.9 Å². The van der Waals surface area contributed by atoms with Gasteiger partial charge in [-0.25, -0.2) is 4.39 Å². The van der Waals surface area contributed by atoms with Crippen molar-refractivity contribution < 1.29 is 9.50 Å². The number of halogens is 1. The van der Waals surface area contributed by atoms with Crippen LogP contribution in [-0.2, 0) is 0 Å². The molecule has 1 radical (unpaired) electrons. The highest BCUT2D eigenvalue weighted by Gasteiger charge is 1.95. The zero-order valence-electron chi connectivity index (χ0n) is 3.32. The molecule has 0 fully saturated rings. The van der Waals surface area contributed by atoms with E-state index in [1.54, 1.807) is 0 Å². The molecule has 0 heterocycles. The molecule has 0 aliphatic carbocycles. The smallest absolute Gasteiger partial charge is 0.121 e. The summed E-state index contributed by atoms with van der Waals surface area (Å²) in [5.74, 6) is -0.796. The summed E-state index contributed by atoms with van der Waals surface area (Å²) in [4.78, 5) is 0. The molecule has 0 bridgehead atoms. The minimum Gasteiger partial charge on any atom is -0.386 e. The van der Waals surface area contributed by atoms with Crippen LogP contribution in [0.1, 0.15) is 0 Å². The van der Waals surface area contributed by atoms with Crippen molar-refractivity contribution in [2.24, 2.45) is 0 Å². The van der Waals surface area contributed by atoms with Crippen molar-refractivity contribution in [1.82, 2.24) is 0 Å². The molecular weight excluding hydrogens is 83.0 g/mol. The molecule has 0 aliphatic heterocycles. The fraction of sp³-hybridized carbons (Fsp3) is 0.250. The van der Waals surface area contributed by atoms with E-state index >= 15 is 0 Å². The first-order valence-electron chi connectivity index (χ1n) is 1.50. The van der Waals surface area contributed by atoms with Gasteiger partial charge in [0, 0.05) is 0 Å². The molecule has 0 aromatic heterocycles. The van der Waals surface area contributed by atoms with Gasteiger partial charge >= 0.3 is 0 Å². The molecule has 0 saturated heterocycles. The Bertz CT molecular complexity index is 58.6. The second-order valence-electron chi connectivity index (χ2n) is 0.963. The maximum Gasteiger partial charge on any atom is 0.121 e. The van der Waals surface area contributed by atoms with Gasteiger partial charge in [0.25, 0.3) is 0 Å². The Morgan fingerprint density at radius 3 is 2.00 bits per heavy atom. The largest absolute Gasteiger partial charge is 0.386 e. The number of rotatable bonds is 1. The highest BCUT2D eigenvalue weighted by atomic mass is 19.1. The monoisotopic (exact) mass is 89.0 g/mol. The Balaban J connectivity index is 3.26. The SMILES string of the molecule is [CH2]C(O)C(=C)F. The molecular formula is C4H6FO. The van der Waals surface area contributed by atoms with Crippen molar-refractivity contribution in [3.63, 3.8) is 0 Å². The highest BCUT2D eigenvalue weighted by molar-refractivity contribution is 4.90. The van der Waals surface area contributed by atoms with Gasteiger partial charge in [-0.3, -0.25) is 0 Å². The van der Waals surface area contributed by atoms with Gasteiger partial charge in [-0.05, 0) is 6.92 Å². The molecule has 1 unspecified atom stereocenters. The second kappa shape index (κ2) is 1.92. The first-order chi connectivity index (χ1) is 2.64. The minimum atomic E-state index is -1.26. The third kappa shape index (κ3) is 1.91. The van der Waals surface area contributed by atoms with Crippen LogP contribution < -0.4 is 0 Å². The Morgan fingerprint density at radius 1 is 1.83 bits per heavy atom. The summed E-state index contributed by atoms with van der Waals surface area (Å²) in [6.07, 6.45) is -1.26. The van der Waals surface area contributed by atoms with E-state index in [-0.39, 0.29) is 0 Å². The Morgan fingerprint density at radius 2 is 2.00 bits per heavy atom. The summed E-state index contributed by atoms with van der Waals surface area (Å²) in [5.41, 5.74) is 0. The molecule has 0 spiro atoms. The van der Waals surface area contributed by atoms with Crippen LogP contribution in [0.15, 0.2) is 12.4 Å². The molecule has 35 valence electrons. The average Bonchev–Trinajstić information content (AvgIpc) is 1.36. The van der Waals surface area contributed by atoms with Crippen LogP contribution in [0.25, 0.3) is 0 Å². The van der Waals surface area contributed by atoms with Crippen LogP contribution in [0.5, 0.6) is 0 Å². The Labute approximate surface area is 36.1 Å². The van der Waals surface area contributed by atoms with E-state index in [1.165, 1.54) is 0 Å². The summed E-state index contributed by atoms with van der Waals surface area (Å²) in [7, 11) is 0. The van der Waals surface area contributed by atoms with Crippen LogP contribution in [0.4, 0.5) is 4.39 Å². The Kier molecular flexibility index (Phi) is 1.81. The lowest BCUT2D eigenvalue weighted by molar-refractivity contribution is 0.227. The highest BCUT2D eigenvalue weighted by Crippen LogP contribution is 1.95. The molecule has 0 amide bonds. The molecule has 0 aliphatic rings. The van der Waals surface area contributed by atoms with Gasteiger partial charge in [0.15, 0.2) is 0 Å². The van der Waals surface area contributed by atoms with Gasteiger partial charge in [0.1, 0.15) is 11.9 Å². The lowest BCUT2D eigenvalue weighted by Gasteiger charge is -1.92. The number of hydrogen-bond acceptors (Lipinski definition) is 1. The number of aliphatic hydroxyl groups excluding tert-OH is 1. The van der Waals surface area contributed by atoms with Crippen molar-refractivity contribution in [3.05, 3.63) is 19.3 Å². The van der Waals surface area contributed by atoms with Crippen LogP contribution in [0.2, 0.25) is 0 Å². The van der Waals surface area contributed by atoms with Crippen LogP contribution in [0, 0.1) is 6.92 Å². The second-order valence-corrected chi connectivity index (χ2v) is 0.963. The summed E-state index contributed by atoms with van der Waals surface area (Å²) >= 11 is 0. The third-order valence-electron chi connectivity index (χ3n) is 0.362. The van der Waals surface area contributed by atoms with Crippen LogP contribution in [-0.4, -0.2) is 11.2 Å². The molecule has 1 nitrogen and oxygen atoms in total. The van der Waals surface area contributed by atoms with Gasteiger partial charge < -0.3 is 5.11 Å². The first kappa shape index (κ1) is 5.63. The van der Waals surface area contributed by atoms with E-state index in [4.69, 9.17) is 5.11 Å². The maximum atomic E-state index is 11.3. The molecule has 0 aromatic carbocycles. The van der Waals surface area contributed by atoms with Crippen molar-refractivity contribution >= 4 is 0 Å². The minimum absolute atomic E-state index is 0.796. The third-order valence-corrected chi connectivity index (χ3v) is 0.362. The number of aliphatic hydroxyl groups is 1. The molecule has 0 aromatic rings. The van der Waals surface area contributed by atoms with Gasteiger partial charge in [0.2, 0.25) is 0 Å². The molecule has 1 atom stereocenters. The molecule has 2 heteroatoms. The summed E-state index contributed by atoms with van der Waals surface area (Å²) in [5, 5.41) is 8.04. The lowest BCUT2D eigenvalue weighted by Crippen LogP contribution is -1.97. The summed E-state index contributed by atoms with van der Waals surface area (Å²) < 4.78 is 11.3. The molecule has 0 rings (SSSR count).